The molecule has 0 aromatic heterocycles. The predicted octanol–water partition coefficient (Wildman–Crippen LogP) is 8.51. The van der Waals surface area contributed by atoms with E-state index >= 15 is 0 Å². The van der Waals surface area contributed by atoms with E-state index in [0.717, 1.165) is 38.5 Å². The molecule has 3 N–H and O–H groups in total. The molecule has 6 nitrogen and oxygen atoms in total. The molecule has 0 saturated carbocycles. The van der Waals surface area contributed by atoms with E-state index in [1.807, 2.05) is 0 Å². The SMILES string of the molecule is CCCCCCCCCCCCCCCCCC(=O)NC(CS(=O)(=O)O)C(O)CCCCCCCCCC. The third kappa shape index (κ3) is 26.9. The fourth-order valence-corrected chi connectivity index (χ4v) is 5.86. The molecule has 2 atom stereocenters. The van der Waals surface area contributed by atoms with Crippen LogP contribution < -0.4 is 5.32 Å². The second kappa shape index (κ2) is 26.6. The highest BCUT2D eigenvalue weighted by Gasteiger charge is 2.26. The number of rotatable bonds is 29. The Morgan fingerprint density at radius 3 is 1.32 bits per heavy atom. The molecule has 0 aliphatic rings. The molecule has 0 aliphatic heterocycles. The van der Waals surface area contributed by atoms with Crippen LogP contribution in [0.1, 0.15) is 174 Å². The Bertz CT molecular complexity index is 626. The maximum absolute atomic E-state index is 12.4. The van der Waals surface area contributed by atoms with Gasteiger partial charge in [-0.15, -0.1) is 0 Å². The van der Waals surface area contributed by atoms with Gasteiger partial charge in [-0.1, -0.05) is 155 Å². The summed E-state index contributed by atoms with van der Waals surface area (Å²) in [6, 6.07) is -0.960. The Hall–Kier alpha value is -0.660. The molecule has 0 bridgehead atoms. The van der Waals surface area contributed by atoms with E-state index in [1.54, 1.807) is 0 Å². The van der Waals surface area contributed by atoms with Crippen LogP contribution in [0.5, 0.6) is 0 Å². The highest BCUT2D eigenvalue weighted by molar-refractivity contribution is 7.85. The average Bonchev–Trinajstić information content (AvgIpc) is 2.86. The number of nitrogens with one attached hydrogen (secondary N) is 1. The first-order valence-corrected chi connectivity index (χ1v) is 17.8. The number of amides is 1. The van der Waals surface area contributed by atoms with Crippen LogP contribution >= 0.6 is 0 Å². The summed E-state index contributed by atoms with van der Waals surface area (Å²) in [7, 11) is -4.29. The molecule has 0 fully saturated rings. The Morgan fingerprint density at radius 2 is 0.947 bits per heavy atom. The molecule has 0 aromatic rings. The molecule has 1 amide bonds. The van der Waals surface area contributed by atoms with Gasteiger partial charge in [-0.3, -0.25) is 9.35 Å². The van der Waals surface area contributed by atoms with Gasteiger partial charge >= 0.3 is 0 Å². The first-order chi connectivity index (χ1) is 18.3. The number of hydrogen-bond donors (Lipinski definition) is 3. The lowest BCUT2D eigenvalue weighted by atomic mass is 10.0. The maximum Gasteiger partial charge on any atom is 0.266 e. The summed E-state index contributed by atoms with van der Waals surface area (Å²) in [6.07, 6.45) is 27.7. The molecule has 0 spiro atoms. The van der Waals surface area contributed by atoms with Crippen molar-refractivity contribution < 1.29 is 22.9 Å². The number of carbonyl (C=O) groups is 1. The molecule has 228 valence electrons. The van der Waals surface area contributed by atoms with Gasteiger partial charge in [0, 0.05) is 6.42 Å². The van der Waals surface area contributed by atoms with Crippen molar-refractivity contribution in [2.75, 3.05) is 5.75 Å². The normalized spacial score (nSPS) is 13.5. The highest BCUT2D eigenvalue weighted by atomic mass is 32.2. The van der Waals surface area contributed by atoms with Gasteiger partial charge < -0.3 is 10.4 Å². The Balaban J connectivity index is 3.90. The quantitative estimate of drug-likeness (QED) is 0.0627. The topological polar surface area (TPSA) is 104 Å². The number of carbonyl (C=O) groups excluding carboxylic acids is 1. The summed E-state index contributed by atoms with van der Waals surface area (Å²) in [5.41, 5.74) is 0. The smallest absolute Gasteiger partial charge is 0.266 e. The van der Waals surface area contributed by atoms with Crippen molar-refractivity contribution in [3.05, 3.63) is 0 Å². The zero-order valence-corrected chi connectivity index (χ0v) is 25.9. The van der Waals surface area contributed by atoms with Gasteiger partial charge in [-0.25, -0.2) is 0 Å². The summed E-state index contributed by atoms with van der Waals surface area (Å²) in [5, 5.41) is 13.2. The summed E-state index contributed by atoms with van der Waals surface area (Å²) in [4.78, 5) is 12.4. The van der Waals surface area contributed by atoms with Crippen molar-refractivity contribution in [1.29, 1.82) is 0 Å². The van der Waals surface area contributed by atoms with Crippen LogP contribution in [0.25, 0.3) is 0 Å². The van der Waals surface area contributed by atoms with Crippen molar-refractivity contribution >= 4 is 16.0 Å². The van der Waals surface area contributed by atoms with Crippen molar-refractivity contribution in [3.63, 3.8) is 0 Å². The molecule has 0 aromatic carbocycles. The van der Waals surface area contributed by atoms with E-state index in [9.17, 15) is 22.9 Å². The van der Waals surface area contributed by atoms with Crippen LogP contribution in [0.3, 0.4) is 0 Å². The lowest BCUT2D eigenvalue weighted by Crippen LogP contribution is -2.47. The van der Waals surface area contributed by atoms with Crippen molar-refractivity contribution in [1.82, 2.24) is 5.32 Å². The van der Waals surface area contributed by atoms with Crippen LogP contribution in [0.15, 0.2) is 0 Å². The van der Waals surface area contributed by atoms with Gasteiger partial charge in [-0.2, -0.15) is 8.42 Å². The Kier molecular flexibility index (Phi) is 26.1. The third-order valence-corrected chi connectivity index (χ3v) is 8.34. The Labute approximate surface area is 236 Å². The molecule has 0 rings (SSSR count). The van der Waals surface area contributed by atoms with E-state index in [-0.39, 0.29) is 5.91 Å². The minimum atomic E-state index is -4.29. The van der Waals surface area contributed by atoms with E-state index < -0.39 is 28.0 Å². The van der Waals surface area contributed by atoms with Crippen LogP contribution in [0.4, 0.5) is 0 Å². The van der Waals surface area contributed by atoms with Crippen LogP contribution in [-0.2, 0) is 14.9 Å². The highest BCUT2D eigenvalue weighted by Crippen LogP contribution is 2.15. The van der Waals surface area contributed by atoms with Gasteiger partial charge in [0.1, 0.15) is 0 Å². The van der Waals surface area contributed by atoms with Crippen LogP contribution in [-0.4, -0.2) is 41.9 Å². The summed E-state index contributed by atoms with van der Waals surface area (Å²) in [5.74, 6) is -0.890. The molecule has 0 saturated heterocycles. The van der Waals surface area contributed by atoms with Gasteiger partial charge in [0.2, 0.25) is 5.91 Å². The van der Waals surface area contributed by atoms with Crippen molar-refractivity contribution in [2.24, 2.45) is 0 Å². The molecular weight excluding hydrogens is 498 g/mol. The molecule has 0 aliphatic carbocycles. The molecule has 2 unspecified atom stereocenters. The number of hydrogen-bond acceptors (Lipinski definition) is 4. The van der Waals surface area contributed by atoms with Crippen LogP contribution in [0, 0.1) is 0 Å². The zero-order valence-electron chi connectivity index (χ0n) is 25.1. The largest absolute Gasteiger partial charge is 0.391 e. The van der Waals surface area contributed by atoms with E-state index in [4.69, 9.17) is 0 Å². The molecular formula is C31H63NO5S. The summed E-state index contributed by atoms with van der Waals surface area (Å²) in [6.45, 7) is 4.46. The Morgan fingerprint density at radius 1 is 0.605 bits per heavy atom. The second-order valence-corrected chi connectivity index (χ2v) is 13.0. The second-order valence-electron chi connectivity index (χ2n) is 11.5. The minimum absolute atomic E-state index is 0.247. The first-order valence-electron chi connectivity index (χ1n) is 16.2. The maximum atomic E-state index is 12.4. The van der Waals surface area contributed by atoms with E-state index in [0.29, 0.717) is 12.8 Å². The van der Waals surface area contributed by atoms with Crippen molar-refractivity contribution in [2.45, 2.75) is 187 Å². The zero-order chi connectivity index (χ0) is 28.3. The first kappa shape index (κ1) is 37.3. The molecule has 0 heterocycles. The number of aliphatic hydroxyl groups is 1. The summed E-state index contributed by atoms with van der Waals surface area (Å²) < 4.78 is 32.1. The fourth-order valence-electron chi connectivity index (χ4n) is 5.10. The van der Waals surface area contributed by atoms with E-state index in [1.165, 1.54) is 109 Å². The number of aliphatic hydroxyl groups excluding tert-OH is 1. The molecule has 0 radical (unpaired) electrons. The predicted molar refractivity (Wildman–Crippen MR) is 161 cm³/mol. The van der Waals surface area contributed by atoms with Gasteiger partial charge in [0.15, 0.2) is 0 Å². The van der Waals surface area contributed by atoms with Crippen molar-refractivity contribution in [3.8, 4) is 0 Å². The van der Waals surface area contributed by atoms with Crippen LogP contribution in [0.2, 0.25) is 0 Å². The van der Waals surface area contributed by atoms with Gasteiger partial charge in [0.25, 0.3) is 10.1 Å². The van der Waals surface area contributed by atoms with E-state index in [2.05, 4.69) is 19.2 Å². The lowest BCUT2D eigenvalue weighted by Gasteiger charge is -2.23. The molecule has 38 heavy (non-hydrogen) atoms. The lowest BCUT2D eigenvalue weighted by molar-refractivity contribution is -0.122. The minimum Gasteiger partial charge on any atom is -0.391 e. The summed E-state index contributed by atoms with van der Waals surface area (Å²) >= 11 is 0. The standard InChI is InChI=1S/C31H63NO5S/c1-3-5-7-9-11-13-14-15-16-17-18-19-21-23-25-27-31(34)32-29(28-38(35,36)37)30(33)26-24-22-20-12-10-8-6-4-2/h29-30,33H,3-28H2,1-2H3,(H,32,34)(H,35,36,37). The molecule has 7 heteroatoms. The number of unbranched alkanes of at least 4 members (excludes halogenated alkanes) is 21. The third-order valence-electron chi connectivity index (χ3n) is 7.56. The van der Waals surface area contributed by atoms with Gasteiger partial charge in [-0.05, 0) is 12.8 Å². The monoisotopic (exact) mass is 561 g/mol. The average molecular weight is 562 g/mol. The fraction of sp³-hybridized carbons (Fsp3) is 0.968. The van der Waals surface area contributed by atoms with Gasteiger partial charge in [0.05, 0.1) is 17.9 Å².